The van der Waals surface area contributed by atoms with Crippen molar-refractivity contribution in [2.24, 2.45) is 7.05 Å². The first-order valence-corrected chi connectivity index (χ1v) is 6.99. The van der Waals surface area contributed by atoms with Gasteiger partial charge in [-0.25, -0.2) is 0 Å². The summed E-state index contributed by atoms with van der Waals surface area (Å²) in [4.78, 5) is 25.6. The molecule has 0 spiro atoms. The molecule has 1 amide bonds. The van der Waals surface area contributed by atoms with Gasteiger partial charge >= 0.3 is 0 Å². The van der Waals surface area contributed by atoms with Crippen molar-refractivity contribution in [3.8, 4) is 0 Å². The molecule has 0 aliphatic carbocycles. The van der Waals surface area contributed by atoms with Gasteiger partial charge in [0.05, 0.1) is 23.5 Å². The second-order valence-electron chi connectivity index (χ2n) is 4.86. The van der Waals surface area contributed by atoms with Crippen molar-refractivity contribution < 1.29 is 9.59 Å². The van der Waals surface area contributed by atoms with Gasteiger partial charge in [0.2, 0.25) is 0 Å². The normalized spacial score (nSPS) is 14.0. The van der Waals surface area contributed by atoms with Gasteiger partial charge in [0.15, 0.2) is 0 Å². The predicted octanol–water partition coefficient (Wildman–Crippen LogP) is 2.76. The van der Waals surface area contributed by atoms with Crippen LogP contribution in [0.4, 0.5) is 5.69 Å². The van der Waals surface area contributed by atoms with Crippen LogP contribution in [0.3, 0.4) is 0 Å². The van der Waals surface area contributed by atoms with Gasteiger partial charge in [0.1, 0.15) is 5.15 Å². The number of rotatable bonds is 2. The highest BCUT2D eigenvalue weighted by Gasteiger charge is 2.36. The molecular weight excluding hydrogens is 313 g/mol. The summed E-state index contributed by atoms with van der Waals surface area (Å²) in [7, 11) is 1.73. The standard InChI is InChI=1S/C14H11Cl2N3O2/c1-7-10(13(16)18(2)17-7)6-19-11-4-3-8(15)5-9(11)12(20)14(19)21/h3-5H,6H2,1-2H3. The lowest BCUT2D eigenvalue weighted by Crippen LogP contribution is -2.29. The SMILES string of the molecule is Cc1nn(C)c(Cl)c1CN1C(=O)C(=O)c2cc(Cl)ccc21. The first-order valence-electron chi connectivity index (χ1n) is 6.24. The van der Waals surface area contributed by atoms with Gasteiger partial charge < -0.3 is 4.90 Å². The lowest BCUT2D eigenvalue weighted by Gasteiger charge is -2.16. The van der Waals surface area contributed by atoms with E-state index < -0.39 is 11.7 Å². The first-order chi connectivity index (χ1) is 9.90. The van der Waals surface area contributed by atoms with Gasteiger partial charge in [-0.2, -0.15) is 5.10 Å². The minimum atomic E-state index is -0.577. The number of ketones is 1. The fourth-order valence-electron chi connectivity index (χ4n) is 2.44. The number of aromatic nitrogens is 2. The summed E-state index contributed by atoms with van der Waals surface area (Å²) in [6.45, 7) is 2.02. The minimum absolute atomic E-state index is 0.206. The van der Waals surface area contributed by atoms with Crippen LogP contribution < -0.4 is 4.90 Å². The zero-order valence-corrected chi connectivity index (χ0v) is 12.9. The van der Waals surface area contributed by atoms with E-state index in [4.69, 9.17) is 23.2 Å². The van der Waals surface area contributed by atoms with E-state index in [1.54, 1.807) is 19.2 Å². The highest BCUT2D eigenvalue weighted by molar-refractivity contribution is 6.52. The number of hydrogen-bond acceptors (Lipinski definition) is 3. The lowest BCUT2D eigenvalue weighted by atomic mass is 10.1. The largest absolute Gasteiger partial charge is 0.300 e. The molecule has 108 valence electrons. The van der Waals surface area contributed by atoms with E-state index in [9.17, 15) is 9.59 Å². The summed E-state index contributed by atoms with van der Waals surface area (Å²) in [6.07, 6.45) is 0. The Labute approximate surface area is 131 Å². The van der Waals surface area contributed by atoms with Crippen molar-refractivity contribution in [2.75, 3.05) is 4.90 Å². The number of Topliss-reactive ketones (excluding diaryl/α,β-unsaturated/α-hetero) is 1. The fraction of sp³-hybridized carbons (Fsp3) is 0.214. The molecule has 1 aliphatic heterocycles. The molecule has 2 heterocycles. The molecule has 0 radical (unpaired) electrons. The van der Waals surface area contributed by atoms with Crippen molar-refractivity contribution in [1.82, 2.24) is 9.78 Å². The highest BCUT2D eigenvalue weighted by atomic mass is 35.5. The Morgan fingerprint density at radius 1 is 1.24 bits per heavy atom. The molecule has 7 heteroatoms. The Kier molecular flexibility index (Phi) is 3.26. The van der Waals surface area contributed by atoms with Crippen molar-refractivity contribution in [2.45, 2.75) is 13.5 Å². The summed E-state index contributed by atoms with van der Waals surface area (Å²) in [6, 6.07) is 4.83. The Morgan fingerprint density at radius 3 is 2.57 bits per heavy atom. The molecule has 0 saturated heterocycles. The lowest BCUT2D eigenvalue weighted by molar-refractivity contribution is -0.114. The molecule has 1 aliphatic rings. The average molecular weight is 324 g/mol. The molecule has 0 bridgehead atoms. The third-order valence-corrected chi connectivity index (χ3v) is 4.23. The quantitative estimate of drug-likeness (QED) is 0.798. The summed E-state index contributed by atoms with van der Waals surface area (Å²) in [5.74, 6) is -1.13. The van der Waals surface area contributed by atoms with Crippen LogP contribution in [0, 0.1) is 6.92 Å². The number of amides is 1. The molecule has 3 rings (SSSR count). The van der Waals surface area contributed by atoms with Crippen LogP contribution in [-0.4, -0.2) is 21.5 Å². The van der Waals surface area contributed by atoms with E-state index in [1.165, 1.54) is 15.6 Å². The van der Waals surface area contributed by atoms with Crippen LogP contribution in [0.1, 0.15) is 21.6 Å². The van der Waals surface area contributed by atoms with Gasteiger partial charge in [-0.15, -0.1) is 0 Å². The van der Waals surface area contributed by atoms with Crippen LogP contribution >= 0.6 is 23.2 Å². The van der Waals surface area contributed by atoms with Crippen molar-refractivity contribution in [3.63, 3.8) is 0 Å². The van der Waals surface area contributed by atoms with Gasteiger partial charge in [-0.3, -0.25) is 14.3 Å². The molecule has 5 nitrogen and oxygen atoms in total. The molecule has 1 aromatic heterocycles. The van der Waals surface area contributed by atoms with Crippen LogP contribution in [0.5, 0.6) is 0 Å². The molecular formula is C14H11Cl2N3O2. The van der Waals surface area contributed by atoms with Crippen LogP contribution in [-0.2, 0) is 18.4 Å². The van der Waals surface area contributed by atoms with E-state index in [0.29, 0.717) is 21.4 Å². The number of hydrogen-bond donors (Lipinski definition) is 0. The molecule has 0 atom stereocenters. The first kappa shape index (κ1) is 14.1. The Hall–Kier alpha value is -1.85. The molecule has 0 fully saturated rings. The summed E-state index contributed by atoms with van der Waals surface area (Å²) >= 11 is 12.1. The predicted molar refractivity (Wildman–Crippen MR) is 79.9 cm³/mol. The fourth-order valence-corrected chi connectivity index (χ4v) is 2.85. The zero-order chi connectivity index (χ0) is 15.3. The number of anilines is 1. The maximum atomic E-state index is 12.2. The zero-order valence-electron chi connectivity index (χ0n) is 11.4. The van der Waals surface area contributed by atoms with Crippen molar-refractivity contribution >= 4 is 40.6 Å². The topological polar surface area (TPSA) is 55.2 Å². The minimum Gasteiger partial charge on any atom is -0.300 e. The number of fused-ring (bicyclic) bond motifs is 1. The summed E-state index contributed by atoms with van der Waals surface area (Å²) in [5.41, 5.74) is 2.33. The maximum Gasteiger partial charge on any atom is 0.299 e. The Balaban J connectivity index is 2.04. The van der Waals surface area contributed by atoms with E-state index in [2.05, 4.69) is 5.10 Å². The second kappa shape index (κ2) is 4.86. The van der Waals surface area contributed by atoms with Gasteiger partial charge in [-0.05, 0) is 25.1 Å². The molecule has 1 aromatic carbocycles. The van der Waals surface area contributed by atoms with E-state index >= 15 is 0 Å². The molecule has 21 heavy (non-hydrogen) atoms. The van der Waals surface area contributed by atoms with Gasteiger partial charge in [0.25, 0.3) is 11.7 Å². The number of benzene rings is 1. The van der Waals surface area contributed by atoms with Crippen LogP contribution in [0.25, 0.3) is 0 Å². The third kappa shape index (κ3) is 2.13. The number of carbonyl (C=O) groups excluding carboxylic acids is 2. The molecule has 0 unspecified atom stereocenters. The van der Waals surface area contributed by atoms with Gasteiger partial charge in [-0.1, -0.05) is 23.2 Å². The Bertz CT molecular complexity index is 783. The van der Waals surface area contributed by atoms with Crippen molar-refractivity contribution in [3.05, 3.63) is 45.2 Å². The van der Waals surface area contributed by atoms with Crippen LogP contribution in [0.15, 0.2) is 18.2 Å². The summed E-state index contributed by atoms with van der Waals surface area (Å²) < 4.78 is 1.54. The maximum absolute atomic E-state index is 12.2. The number of aryl methyl sites for hydroxylation is 2. The molecule has 0 N–H and O–H groups in total. The van der Waals surface area contributed by atoms with Gasteiger partial charge in [0, 0.05) is 17.6 Å². The monoisotopic (exact) mass is 323 g/mol. The van der Waals surface area contributed by atoms with Crippen molar-refractivity contribution in [1.29, 1.82) is 0 Å². The molecule has 0 saturated carbocycles. The average Bonchev–Trinajstić information content (AvgIpc) is 2.81. The number of nitrogens with zero attached hydrogens (tertiary/aromatic N) is 3. The number of halogens is 2. The smallest absolute Gasteiger partial charge is 0.299 e. The van der Waals surface area contributed by atoms with E-state index in [-0.39, 0.29) is 6.54 Å². The summed E-state index contributed by atoms with van der Waals surface area (Å²) in [5, 5.41) is 5.08. The van der Waals surface area contributed by atoms with Crippen LogP contribution in [0.2, 0.25) is 10.2 Å². The Morgan fingerprint density at radius 2 is 1.95 bits per heavy atom. The third-order valence-electron chi connectivity index (χ3n) is 3.52. The second-order valence-corrected chi connectivity index (χ2v) is 5.65. The highest BCUT2D eigenvalue weighted by Crippen LogP contribution is 2.33. The molecule has 2 aromatic rings. The number of carbonyl (C=O) groups is 2. The van der Waals surface area contributed by atoms with E-state index in [0.717, 1.165) is 11.3 Å². The van der Waals surface area contributed by atoms with E-state index in [1.807, 2.05) is 6.92 Å².